The topological polar surface area (TPSA) is 110 Å². The molecule has 0 saturated carbocycles. The number of rotatable bonds is 7. The van der Waals surface area contributed by atoms with Gasteiger partial charge in [0.15, 0.2) is 5.82 Å². The van der Waals surface area contributed by atoms with Crippen molar-refractivity contribution in [2.75, 3.05) is 18.2 Å². The molecule has 1 aromatic carbocycles. The number of aliphatic hydroxyl groups excluding tert-OH is 1. The molecular weight excluding hydrogens is 390 g/mol. The molecule has 2 aromatic heterocycles. The second kappa shape index (κ2) is 9.44. The monoisotopic (exact) mass is 411 g/mol. The molecule has 3 rings (SSSR count). The number of hydrogen-bond donors (Lipinski definition) is 2. The zero-order chi connectivity index (χ0) is 20.8. The van der Waals surface area contributed by atoms with E-state index in [2.05, 4.69) is 20.3 Å². The number of nitrogens with one attached hydrogen (secondary N) is 1. The van der Waals surface area contributed by atoms with Gasteiger partial charge >= 0.3 is 0 Å². The summed E-state index contributed by atoms with van der Waals surface area (Å²) >= 11 is 1.57. The fraction of sp³-hybridized carbons (Fsp3) is 0.250. The third kappa shape index (κ3) is 4.87. The molecule has 1 amide bonds. The van der Waals surface area contributed by atoms with Gasteiger partial charge in [-0.3, -0.25) is 19.1 Å². The summed E-state index contributed by atoms with van der Waals surface area (Å²) in [4.78, 5) is 39.5. The summed E-state index contributed by atoms with van der Waals surface area (Å²) in [6.07, 6.45) is 6.62. The lowest BCUT2D eigenvalue weighted by atomic mass is 10.1. The molecule has 0 unspecified atom stereocenters. The van der Waals surface area contributed by atoms with Gasteiger partial charge in [-0.25, -0.2) is 9.97 Å². The number of hydrogen-bond acceptors (Lipinski definition) is 7. The second-order valence-electron chi connectivity index (χ2n) is 6.24. The number of benzene rings is 1. The summed E-state index contributed by atoms with van der Waals surface area (Å²) in [6.45, 7) is 1.28. The zero-order valence-corrected chi connectivity index (χ0v) is 16.9. The molecule has 0 spiro atoms. The first-order valence-corrected chi connectivity index (χ1v) is 10.2. The first-order chi connectivity index (χ1) is 14.0. The minimum Gasteiger partial charge on any atom is -0.396 e. The van der Waals surface area contributed by atoms with E-state index in [1.165, 1.54) is 23.2 Å². The maximum Gasteiger partial charge on any atom is 0.257 e. The van der Waals surface area contributed by atoms with E-state index in [9.17, 15) is 14.7 Å². The Bertz CT molecular complexity index is 1070. The van der Waals surface area contributed by atoms with Crippen LogP contribution < -0.4 is 10.9 Å². The summed E-state index contributed by atoms with van der Waals surface area (Å²) in [5, 5.41) is 12.1. The first-order valence-electron chi connectivity index (χ1n) is 8.95. The molecule has 0 saturated heterocycles. The highest BCUT2D eigenvalue weighted by atomic mass is 32.2. The maximum atomic E-state index is 13.0. The van der Waals surface area contributed by atoms with Crippen LogP contribution in [0.2, 0.25) is 0 Å². The summed E-state index contributed by atoms with van der Waals surface area (Å²) < 4.78 is 1.27. The third-order valence-corrected chi connectivity index (χ3v) is 5.00. The molecule has 2 heterocycles. The number of amides is 1. The lowest BCUT2D eigenvalue weighted by Gasteiger charge is -2.15. The van der Waals surface area contributed by atoms with Crippen LogP contribution >= 0.6 is 11.8 Å². The third-order valence-electron chi connectivity index (χ3n) is 4.28. The van der Waals surface area contributed by atoms with E-state index in [1.54, 1.807) is 24.8 Å². The fourth-order valence-corrected chi connectivity index (χ4v) is 3.36. The highest BCUT2D eigenvalue weighted by Gasteiger charge is 2.18. The van der Waals surface area contributed by atoms with E-state index in [4.69, 9.17) is 0 Å². The molecule has 0 fully saturated rings. The Kier molecular flexibility index (Phi) is 6.73. The number of anilines is 1. The highest BCUT2D eigenvalue weighted by molar-refractivity contribution is 7.98. The quantitative estimate of drug-likeness (QED) is 0.572. The normalized spacial score (nSPS) is 10.7. The van der Waals surface area contributed by atoms with Gasteiger partial charge in [-0.2, -0.15) is 0 Å². The minimum absolute atomic E-state index is 0.163. The standard InChI is InChI=1S/C20H21N5O3S/c1-13-16(6-9-26)20(28)25(19(23-13)17-11-21-7-8-22-17)12-18(27)24-14-4-3-5-15(10-14)29-2/h3-5,7-8,10-11,26H,6,9,12H2,1-2H3,(H,24,27). The predicted molar refractivity (Wildman–Crippen MR) is 112 cm³/mol. The molecule has 29 heavy (non-hydrogen) atoms. The van der Waals surface area contributed by atoms with Gasteiger partial charge in [0, 0.05) is 47.3 Å². The van der Waals surface area contributed by atoms with Crippen molar-refractivity contribution < 1.29 is 9.90 Å². The Morgan fingerprint density at radius 1 is 1.31 bits per heavy atom. The average molecular weight is 411 g/mol. The van der Waals surface area contributed by atoms with Crippen LogP contribution in [0, 0.1) is 6.92 Å². The highest BCUT2D eigenvalue weighted by Crippen LogP contribution is 2.19. The smallest absolute Gasteiger partial charge is 0.257 e. The number of aromatic nitrogens is 4. The van der Waals surface area contributed by atoms with E-state index in [0.29, 0.717) is 22.6 Å². The first kappa shape index (κ1) is 20.7. The van der Waals surface area contributed by atoms with Gasteiger partial charge < -0.3 is 10.4 Å². The van der Waals surface area contributed by atoms with Crippen molar-refractivity contribution in [3.8, 4) is 11.5 Å². The van der Waals surface area contributed by atoms with Gasteiger partial charge in [-0.1, -0.05) is 6.07 Å². The van der Waals surface area contributed by atoms with Crippen LogP contribution in [0.3, 0.4) is 0 Å². The molecule has 150 valence electrons. The Balaban J connectivity index is 1.98. The number of carbonyl (C=O) groups is 1. The Labute approximate surface area is 172 Å². The van der Waals surface area contributed by atoms with Gasteiger partial charge in [0.2, 0.25) is 5.91 Å². The average Bonchev–Trinajstić information content (AvgIpc) is 2.73. The molecule has 0 bridgehead atoms. The Morgan fingerprint density at radius 2 is 2.14 bits per heavy atom. The van der Waals surface area contributed by atoms with Crippen molar-refractivity contribution in [2.45, 2.75) is 24.8 Å². The van der Waals surface area contributed by atoms with Crippen molar-refractivity contribution >= 4 is 23.4 Å². The molecule has 9 heteroatoms. The predicted octanol–water partition coefficient (Wildman–Crippen LogP) is 1.90. The van der Waals surface area contributed by atoms with Crippen LogP contribution in [-0.2, 0) is 17.8 Å². The van der Waals surface area contributed by atoms with Crippen LogP contribution in [0.1, 0.15) is 11.3 Å². The molecule has 0 radical (unpaired) electrons. The van der Waals surface area contributed by atoms with E-state index >= 15 is 0 Å². The molecule has 0 aliphatic carbocycles. The molecule has 2 N–H and O–H groups in total. The van der Waals surface area contributed by atoms with Crippen molar-refractivity contribution in [3.63, 3.8) is 0 Å². The number of thioether (sulfide) groups is 1. The van der Waals surface area contributed by atoms with Crippen LogP contribution in [0.25, 0.3) is 11.5 Å². The van der Waals surface area contributed by atoms with E-state index in [0.717, 1.165) is 4.90 Å². The van der Waals surface area contributed by atoms with Crippen molar-refractivity contribution in [2.24, 2.45) is 0 Å². The lowest BCUT2D eigenvalue weighted by molar-refractivity contribution is -0.116. The molecule has 0 aliphatic rings. The van der Waals surface area contributed by atoms with Crippen molar-refractivity contribution in [1.29, 1.82) is 0 Å². The molecule has 0 atom stereocenters. The summed E-state index contributed by atoms with van der Waals surface area (Å²) in [5.74, 6) is -0.105. The van der Waals surface area contributed by atoms with E-state index in [1.807, 2.05) is 24.5 Å². The molecule has 8 nitrogen and oxygen atoms in total. The Morgan fingerprint density at radius 3 is 2.83 bits per heavy atom. The van der Waals surface area contributed by atoms with Gasteiger partial charge in [0.1, 0.15) is 12.2 Å². The Hall–Kier alpha value is -3.04. The molecule has 0 aliphatic heterocycles. The van der Waals surface area contributed by atoms with Gasteiger partial charge in [-0.15, -0.1) is 11.8 Å². The number of aryl methyl sites for hydroxylation is 1. The van der Waals surface area contributed by atoms with Gasteiger partial charge in [0.25, 0.3) is 5.56 Å². The van der Waals surface area contributed by atoms with Crippen molar-refractivity contribution in [3.05, 3.63) is 64.5 Å². The lowest BCUT2D eigenvalue weighted by Crippen LogP contribution is -2.33. The zero-order valence-electron chi connectivity index (χ0n) is 16.1. The summed E-state index contributed by atoms with van der Waals surface area (Å²) in [6, 6.07) is 7.45. The number of nitrogens with zero attached hydrogens (tertiary/aromatic N) is 4. The molecular formula is C20H21N5O3S. The van der Waals surface area contributed by atoms with Crippen LogP contribution in [0.15, 0.2) is 52.5 Å². The minimum atomic E-state index is -0.375. The van der Waals surface area contributed by atoms with E-state index < -0.39 is 0 Å². The van der Waals surface area contributed by atoms with E-state index in [-0.39, 0.29) is 36.9 Å². The number of carbonyl (C=O) groups excluding carboxylic acids is 1. The summed E-state index contributed by atoms with van der Waals surface area (Å²) in [7, 11) is 0. The van der Waals surface area contributed by atoms with Crippen molar-refractivity contribution in [1.82, 2.24) is 19.5 Å². The molecule has 3 aromatic rings. The van der Waals surface area contributed by atoms with Gasteiger partial charge in [0.05, 0.1) is 6.20 Å². The fourth-order valence-electron chi connectivity index (χ4n) is 2.90. The number of aliphatic hydroxyl groups is 1. The van der Waals surface area contributed by atoms with Crippen LogP contribution in [-0.4, -0.2) is 43.4 Å². The second-order valence-corrected chi connectivity index (χ2v) is 7.11. The SMILES string of the molecule is CSc1cccc(NC(=O)Cn2c(-c3cnccn3)nc(C)c(CCO)c2=O)c1. The summed E-state index contributed by atoms with van der Waals surface area (Å²) in [5.41, 5.74) is 1.53. The maximum absolute atomic E-state index is 13.0. The largest absolute Gasteiger partial charge is 0.396 e. The van der Waals surface area contributed by atoms with Gasteiger partial charge in [-0.05, 0) is 31.4 Å². The van der Waals surface area contributed by atoms with Crippen LogP contribution in [0.5, 0.6) is 0 Å². The van der Waals surface area contributed by atoms with Crippen LogP contribution in [0.4, 0.5) is 5.69 Å².